The summed E-state index contributed by atoms with van der Waals surface area (Å²) < 4.78 is 15.1. The van der Waals surface area contributed by atoms with Crippen LogP contribution in [0.4, 0.5) is 0 Å². The van der Waals surface area contributed by atoms with Gasteiger partial charge in [0.25, 0.3) is 0 Å². The number of hydrogen-bond donors (Lipinski definition) is 2. The standard InChI is InChI=1S/C22H43N2O3P.BrH/c1-2-3-4-5-6-7-8-9-10-11-12-13-14-15-17-23-19-20-24(22-23)18-16-21-28(25,26)27;/h19-20,22H,2-18,21H2,1H3,(H-,25,26,27);1H. The molecule has 0 fully saturated rings. The van der Waals surface area contributed by atoms with Gasteiger partial charge in [0.2, 0.25) is 6.33 Å². The third-order valence-corrected chi connectivity index (χ3v) is 6.28. The van der Waals surface area contributed by atoms with E-state index < -0.39 is 7.60 Å². The van der Waals surface area contributed by atoms with Crippen LogP contribution in [0.2, 0.25) is 0 Å². The summed E-state index contributed by atoms with van der Waals surface area (Å²) in [6.45, 7) is 3.97. The Hall–Kier alpha value is -0.160. The van der Waals surface area contributed by atoms with E-state index in [-0.39, 0.29) is 23.1 Å². The highest BCUT2D eigenvalue weighted by Crippen LogP contribution is 2.34. The highest BCUT2D eigenvalue weighted by atomic mass is 79.9. The average molecular weight is 495 g/mol. The van der Waals surface area contributed by atoms with Crippen LogP contribution in [0, 0.1) is 0 Å². The summed E-state index contributed by atoms with van der Waals surface area (Å²) in [7, 11) is -3.86. The largest absolute Gasteiger partial charge is 1.00 e. The minimum Gasteiger partial charge on any atom is -1.00 e. The van der Waals surface area contributed by atoms with Gasteiger partial charge in [-0.05, 0) is 19.3 Å². The van der Waals surface area contributed by atoms with Gasteiger partial charge >= 0.3 is 7.60 Å². The second-order valence-corrected chi connectivity index (χ2v) is 10.0. The van der Waals surface area contributed by atoms with Crippen LogP contribution in [0.3, 0.4) is 0 Å². The Morgan fingerprint density at radius 2 is 1.28 bits per heavy atom. The highest BCUT2D eigenvalue weighted by Gasteiger charge is 2.13. The van der Waals surface area contributed by atoms with Gasteiger partial charge in [0.05, 0.1) is 19.3 Å². The van der Waals surface area contributed by atoms with Gasteiger partial charge in [-0.25, -0.2) is 9.13 Å². The first-order valence-corrected chi connectivity index (χ1v) is 13.4. The maximum absolute atomic E-state index is 10.9. The van der Waals surface area contributed by atoms with Crippen LogP contribution in [-0.4, -0.2) is 20.5 Å². The number of aromatic nitrogens is 2. The molecule has 1 rings (SSSR count). The second kappa shape index (κ2) is 18.6. The first-order chi connectivity index (χ1) is 13.5. The molecule has 0 aromatic carbocycles. The van der Waals surface area contributed by atoms with Crippen LogP contribution in [0.15, 0.2) is 18.7 Å². The molecule has 0 aliphatic rings. The summed E-state index contributed by atoms with van der Waals surface area (Å²) in [5, 5.41) is 0. The summed E-state index contributed by atoms with van der Waals surface area (Å²) in [5.41, 5.74) is 0. The monoisotopic (exact) mass is 494 g/mol. The maximum Gasteiger partial charge on any atom is 0.325 e. The van der Waals surface area contributed by atoms with Gasteiger partial charge < -0.3 is 26.8 Å². The predicted octanol–water partition coefficient (Wildman–Crippen LogP) is 2.83. The summed E-state index contributed by atoms with van der Waals surface area (Å²) >= 11 is 0. The molecule has 0 saturated heterocycles. The van der Waals surface area contributed by atoms with Crippen molar-refractivity contribution in [2.24, 2.45) is 0 Å². The molecule has 0 atom stereocenters. The zero-order valence-corrected chi connectivity index (χ0v) is 21.0. The molecule has 1 heterocycles. The van der Waals surface area contributed by atoms with Crippen molar-refractivity contribution in [2.45, 2.75) is 116 Å². The lowest BCUT2D eigenvalue weighted by atomic mass is 10.0. The predicted molar refractivity (Wildman–Crippen MR) is 116 cm³/mol. The fourth-order valence-electron chi connectivity index (χ4n) is 3.65. The Morgan fingerprint density at radius 3 is 1.76 bits per heavy atom. The van der Waals surface area contributed by atoms with Crippen molar-refractivity contribution in [1.29, 1.82) is 0 Å². The smallest absolute Gasteiger partial charge is 0.325 e. The Bertz CT molecular complexity index is 534. The number of aryl methyl sites for hydroxylation is 2. The summed E-state index contributed by atoms with van der Waals surface area (Å²) in [6.07, 6.45) is 25.9. The van der Waals surface area contributed by atoms with E-state index in [0.29, 0.717) is 13.0 Å². The Labute approximate surface area is 189 Å². The van der Waals surface area contributed by atoms with Crippen LogP contribution in [0.25, 0.3) is 0 Å². The molecule has 0 spiro atoms. The number of unbranched alkanes of at least 4 members (excludes halogenated alkanes) is 13. The quantitative estimate of drug-likeness (QED) is 0.176. The lowest BCUT2D eigenvalue weighted by Gasteiger charge is -2.03. The number of rotatable bonds is 19. The van der Waals surface area contributed by atoms with E-state index in [2.05, 4.69) is 17.7 Å². The third-order valence-electron chi connectivity index (χ3n) is 5.38. The molecule has 0 bridgehead atoms. The average Bonchev–Trinajstić information content (AvgIpc) is 3.08. The highest BCUT2D eigenvalue weighted by molar-refractivity contribution is 7.51. The topological polar surface area (TPSA) is 66.3 Å². The minimum atomic E-state index is -3.86. The Kier molecular flexibility index (Phi) is 18.5. The van der Waals surface area contributed by atoms with Gasteiger partial charge in [-0.15, -0.1) is 0 Å². The summed E-state index contributed by atoms with van der Waals surface area (Å²) in [4.78, 5) is 17.8. The SMILES string of the molecule is CCCCCCCCCCCCCCCCn1cc[n+](CCCP(=O)(O)O)c1.[Br-]. The molecule has 0 amide bonds. The first kappa shape index (κ1) is 28.8. The Morgan fingerprint density at radius 1 is 0.793 bits per heavy atom. The molecule has 29 heavy (non-hydrogen) atoms. The van der Waals surface area contributed by atoms with E-state index in [1.54, 1.807) is 0 Å². The van der Waals surface area contributed by atoms with Crippen LogP contribution in [0.5, 0.6) is 0 Å². The number of imidazole rings is 1. The maximum atomic E-state index is 10.9. The van der Waals surface area contributed by atoms with E-state index in [4.69, 9.17) is 9.79 Å². The number of hydrogen-bond acceptors (Lipinski definition) is 1. The summed E-state index contributed by atoms with van der Waals surface area (Å²) in [5.74, 6) is 0. The lowest BCUT2D eigenvalue weighted by Crippen LogP contribution is -3.00. The van der Waals surface area contributed by atoms with Crippen LogP contribution in [0.1, 0.15) is 103 Å². The molecule has 0 aliphatic carbocycles. The Balaban J connectivity index is 0.00000784. The molecule has 0 unspecified atom stereocenters. The van der Waals surface area contributed by atoms with Crippen LogP contribution in [-0.2, 0) is 17.7 Å². The van der Waals surface area contributed by atoms with Gasteiger partial charge in [-0.3, -0.25) is 4.57 Å². The van der Waals surface area contributed by atoms with Crippen molar-refractivity contribution in [3.8, 4) is 0 Å². The van der Waals surface area contributed by atoms with Gasteiger partial charge in [0.15, 0.2) is 0 Å². The van der Waals surface area contributed by atoms with Crippen molar-refractivity contribution in [2.75, 3.05) is 6.16 Å². The molecule has 1 aromatic heterocycles. The molecular weight excluding hydrogens is 451 g/mol. The van der Waals surface area contributed by atoms with Crippen LogP contribution >= 0.6 is 7.60 Å². The molecule has 1 aromatic rings. The fourth-order valence-corrected chi connectivity index (χ4v) is 4.20. The van der Waals surface area contributed by atoms with Crippen LogP contribution < -0.4 is 21.5 Å². The van der Waals surface area contributed by atoms with Gasteiger partial charge in [-0.2, -0.15) is 0 Å². The molecule has 7 heteroatoms. The van der Waals surface area contributed by atoms with Crippen molar-refractivity contribution >= 4 is 7.60 Å². The van der Waals surface area contributed by atoms with E-state index >= 15 is 0 Å². The van der Waals surface area contributed by atoms with Crippen molar-refractivity contribution in [1.82, 2.24) is 4.57 Å². The minimum absolute atomic E-state index is 0. The normalized spacial score (nSPS) is 11.6. The first-order valence-electron chi connectivity index (χ1n) is 11.6. The van der Waals surface area contributed by atoms with Crippen molar-refractivity contribution in [3.63, 3.8) is 0 Å². The van der Waals surface area contributed by atoms with Crippen molar-refractivity contribution < 1.29 is 35.9 Å². The fraction of sp³-hybridized carbons (Fsp3) is 0.864. The molecule has 0 saturated carbocycles. The molecule has 5 nitrogen and oxygen atoms in total. The second-order valence-electron chi connectivity index (χ2n) is 8.23. The zero-order chi connectivity index (χ0) is 20.5. The van der Waals surface area contributed by atoms with Gasteiger partial charge in [0.1, 0.15) is 12.4 Å². The van der Waals surface area contributed by atoms with Gasteiger partial charge in [-0.1, -0.05) is 84.0 Å². The van der Waals surface area contributed by atoms with E-state index in [0.717, 1.165) is 6.54 Å². The molecule has 2 N–H and O–H groups in total. The van der Waals surface area contributed by atoms with E-state index in [1.807, 2.05) is 17.1 Å². The van der Waals surface area contributed by atoms with E-state index in [1.165, 1.54) is 89.9 Å². The van der Waals surface area contributed by atoms with Gasteiger partial charge in [0, 0.05) is 0 Å². The number of nitrogens with zero attached hydrogens (tertiary/aromatic N) is 2. The molecule has 0 aliphatic heterocycles. The summed E-state index contributed by atoms with van der Waals surface area (Å²) in [6, 6.07) is 0. The molecule has 172 valence electrons. The van der Waals surface area contributed by atoms with Crippen molar-refractivity contribution in [3.05, 3.63) is 18.7 Å². The lowest BCUT2D eigenvalue weighted by molar-refractivity contribution is -0.696. The zero-order valence-electron chi connectivity index (χ0n) is 18.5. The van der Waals surface area contributed by atoms with E-state index in [9.17, 15) is 4.57 Å². The molecular formula is C22H44BrN2O3P. The third kappa shape index (κ3) is 18.3. The number of halogens is 1. The molecule has 0 radical (unpaired) electrons.